The van der Waals surface area contributed by atoms with Gasteiger partial charge in [0.05, 0.1) is 11.7 Å². The summed E-state index contributed by atoms with van der Waals surface area (Å²) < 4.78 is 0. The van der Waals surface area contributed by atoms with E-state index in [0.29, 0.717) is 24.7 Å². The molecule has 2 atom stereocenters. The van der Waals surface area contributed by atoms with Gasteiger partial charge in [0.25, 0.3) is 5.91 Å². The molecule has 1 heterocycles. The van der Waals surface area contributed by atoms with E-state index in [-0.39, 0.29) is 17.7 Å². The number of hydrogen-bond acceptors (Lipinski definition) is 6. The quantitative estimate of drug-likeness (QED) is 0.595. The van der Waals surface area contributed by atoms with Gasteiger partial charge >= 0.3 is 0 Å². The van der Waals surface area contributed by atoms with Crippen molar-refractivity contribution in [1.82, 2.24) is 9.97 Å². The van der Waals surface area contributed by atoms with Gasteiger partial charge in [-0.3, -0.25) is 4.79 Å². The molecule has 0 saturated heterocycles. The number of rotatable bonds is 6. The highest BCUT2D eigenvalue weighted by Gasteiger charge is 2.21. The maximum absolute atomic E-state index is 11.4. The number of hydrogen-bond donors (Lipinski definition) is 4. The maximum atomic E-state index is 11.4. The van der Waals surface area contributed by atoms with Gasteiger partial charge in [-0.2, -0.15) is 4.98 Å². The Bertz CT molecular complexity index is 509. The van der Waals surface area contributed by atoms with Gasteiger partial charge in [-0.25, -0.2) is 4.98 Å². The molecule has 1 aliphatic rings. The summed E-state index contributed by atoms with van der Waals surface area (Å²) in [6.45, 7) is 8.74. The molecule has 7 heteroatoms. The fourth-order valence-electron chi connectivity index (χ4n) is 2.49. The number of carbonyl (C=O) groups is 1. The Balaban J connectivity index is 0.00000127. The molecule has 1 aromatic heterocycles. The average Bonchev–Trinajstić information content (AvgIpc) is 2.54. The number of nitrogens with two attached hydrogens (primary N) is 1. The van der Waals surface area contributed by atoms with Crippen molar-refractivity contribution in [2.45, 2.75) is 51.2 Å². The van der Waals surface area contributed by atoms with Crippen LogP contribution in [0.3, 0.4) is 0 Å². The first kappa shape index (κ1) is 18.9. The van der Waals surface area contributed by atoms with Crippen molar-refractivity contribution in [3.05, 3.63) is 24.9 Å². The topological polar surface area (TPSA) is 113 Å². The van der Waals surface area contributed by atoms with Crippen LogP contribution in [0, 0.1) is 0 Å². The SMILES string of the molecule is C=C.CCCNc1nc(NC2CCCC(O)C2)ncc1C(N)=O. The van der Waals surface area contributed by atoms with Crippen LogP contribution < -0.4 is 16.4 Å². The van der Waals surface area contributed by atoms with Crippen LogP contribution >= 0.6 is 0 Å². The van der Waals surface area contributed by atoms with Crippen LogP contribution in [0.25, 0.3) is 0 Å². The molecule has 2 unspecified atom stereocenters. The van der Waals surface area contributed by atoms with E-state index in [4.69, 9.17) is 5.73 Å². The molecule has 0 radical (unpaired) electrons. The van der Waals surface area contributed by atoms with Gasteiger partial charge in [0.2, 0.25) is 5.95 Å². The van der Waals surface area contributed by atoms with Crippen LogP contribution in [0.1, 0.15) is 49.4 Å². The Labute approximate surface area is 137 Å². The van der Waals surface area contributed by atoms with E-state index in [1.165, 1.54) is 6.20 Å². The van der Waals surface area contributed by atoms with E-state index >= 15 is 0 Å². The van der Waals surface area contributed by atoms with Gasteiger partial charge in [0.15, 0.2) is 0 Å². The van der Waals surface area contributed by atoms with Crippen molar-refractivity contribution >= 4 is 17.7 Å². The Kier molecular flexibility index (Phi) is 8.04. The molecule has 0 aromatic carbocycles. The van der Waals surface area contributed by atoms with Crippen molar-refractivity contribution < 1.29 is 9.90 Å². The standard InChI is InChI=1S/C14H23N5O2.C2H4/c1-2-6-16-13-11(12(15)21)8-17-14(19-13)18-9-4-3-5-10(20)7-9;1-2/h8-10,20H,2-7H2,1H3,(H2,15,21)(H2,16,17,18,19);1-2H2. The summed E-state index contributed by atoms with van der Waals surface area (Å²) in [7, 11) is 0. The number of aliphatic hydroxyl groups is 1. The highest BCUT2D eigenvalue weighted by atomic mass is 16.3. The van der Waals surface area contributed by atoms with Crippen molar-refractivity contribution in [1.29, 1.82) is 0 Å². The van der Waals surface area contributed by atoms with Crippen LogP contribution in [-0.4, -0.2) is 39.7 Å². The molecule has 1 aliphatic carbocycles. The van der Waals surface area contributed by atoms with Gasteiger partial charge in [-0.05, 0) is 32.1 Å². The largest absolute Gasteiger partial charge is 0.393 e. The van der Waals surface area contributed by atoms with Crippen molar-refractivity contribution in [2.24, 2.45) is 5.73 Å². The molecule has 1 amide bonds. The molecule has 1 fully saturated rings. The van der Waals surface area contributed by atoms with E-state index < -0.39 is 5.91 Å². The summed E-state index contributed by atoms with van der Waals surface area (Å²) in [6.07, 6.45) is 5.60. The summed E-state index contributed by atoms with van der Waals surface area (Å²) in [5.41, 5.74) is 5.62. The summed E-state index contributed by atoms with van der Waals surface area (Å²) in [5, 5.41) is 16.0. The van der Waals surface area contributed by atoms with Crippen molar-refractivity contribution in [2.75, 3.05) is 17.2 Å². The molecule has 0 spiro atoms. The van der Waals surface area contributed by atoms with Gasteiger partial charge < -0.3 is 21.5 Å². The predicted molar refractivity (Wildman–Crippen MR) is 92.5 cm³/mol. The minimum atomic E-state index is -0.548. The molecule has 7 nitrogen and oxygen atoms in total. The van der Waals surface area contributed by atoms with Crippen LogP contribution in [0.4, 0.5) is 11.8 Å². The number of primary amides is 1. The third kappa shape index (κ3) is 5.86. The molecule has 1 aromatic rings. The second kappa shape index (κ2) is 9.78. The van der Waals surface area contributed by atoms with E-state index in [1.807, 2.05) is 6.92 Å². The fraction of sp³-hybridized carbons (Fsp3) is 0.562. The molecule has 0 aliphatic heterocycles. The molecular weight excluding hydrogens is 294 g/mol. The average molecular weight is 321 g/mol. The smallest absolute Gasteiger partial charge is 0.254 e. The Hall–Kier alpha value is -2.15. The third-order valence-corrected chi connectivity index (χ3v) is 3.58. The molecule has 2 rings (SSSR count). The lowest BCUT2D eigenvalue weighted by Gasteiger charge is -2.26. The molecule has 128 valence electrons. The molecular formula is C16H27N5O2. The normalized spacial score (nSPS) is 20.1. The molecule has 0 bridgehead atoms. The highest BCUT2D eigenvalue weighted by molar-refractivity contribution is 5.97. The number of nitrogens with zero attached hydrogens (tertiary/aromatic N) is 2. The fourth-order valence-corrected chi connectivity index (χ4v) is 2.49. The second-order valence-corrected chi connectivity index (χ2v) is 5.41. The van der Waals surface area contributed by atoms with E-state index in [9.17, 15) is 9.90 Å². The minimum absolute atomic E-state index is 0.159. The van der Waals surface area contributed by atoms with Crippen molar-refractivity contribution in [3.63, 3.8) is 0 Å². The zero-order valence-electron chi connectivity index (χ0n) is 13.7. The monoisotopic (exact) mass is 321 g/mol. The van der Waals surface area contributed by atoms with Gasteiger partial charge in [0, 0.05) is 18.8 Å². The van der Waals surface area contributed by atoms with Gasteiger partial charge in [-0.15, -0.1) is 13.2 Å². The first-order valence-corrected chi connectivity index (χ1v) is 7.95. The van der Waals surface area contributed by atoms with E-state index in [0.717, 1.165) is 25.7 Å². The maximum Gasteiger partial charge on any atom is 0.254 e. The number of nitrogens with one attached hydrogen (secondary N) is 2. The lowest BCUT2D eigenvalue weighted by molar-refractivity contribution is 0.100. The Morgan fingerprint density at radius 2 is 2.22 bits per heavy atom. The van der Waals surface area contributed by atoms with Gasteiger partial charge in [-0.1, -0.05) is 6.92 Å². The lowest BCUT2D eigenvalue weighted by Crippen LogP contribution is -2.30. The second-order valence-electron chi connectivity index (χ2n) is 5.41. The lowest BCUT2D eigenvalue weighted by atomic mass is 9.93. The zero-order chi connectivity index (χ0) is 17.2. The highest BCUT2D eigenvalue weighted by Crippen LogP contribution is 2.22. The Morgan fingerprint density at radius 3 is 2.83 bits per heavy atom. The molecule has 5 N–H and O–H groups in total. The van der Waals surface area contributed by atoms with Crippen LogP contribution in [0.5, 0.6) is 0 Å². The first-order chi connectivity index (χ1) is 11.1. The van der Waals surface area contributed by atoms with Crippen molar-refractivity contribution in [3.8, 4) is 0 Å². The summed E-state index contributed by atoms with van der Waals surface area (Å²) >= 11 is 0. The minimum Gasteiger partial charge on any atom is -0.393 e. The zero-order valence-corrected chi connectivity index (χ0v) is 13.7. The number of aliphatic hydroxyl groups excluding tert-OH is 1. The predicted octanol–water partition coefficient (Wildman–Crippen LogP) is 1.92. The summed E-state index contributed by atoms with van der Waals surface area (Å²) in [6, 6.07) is 0.159. The first-order valence-electron chi connectivity index (χ1n) is 7.95. The Morgan fingerprint density at radius 1 is 1.48 bits per heavy atom. The third-order valence-electron chi connectivity index (χ3n) is 3.58. The van der Waals surface area contributed by atoms with Crippen LogP contribution in [-0.2, 0) is 0 Å². The van der Waals surface area contributed by atoms with Gasteiger partial charge in [0.1, 0.15) is 5.82 Å². The number of carbonyl (C=O) groups excluding carboxylic acids is 1. The van der Waals surface area contributed by atoms with E-state index in [2.05, 4.69) is 33.8 Å². The molecule has 23 heavy (non-hydrogen) atoms. The summed E-state index contributed by atoms with van der Waals surface area (Å²) in [5.74, 6) is 0.365. The summed E-state index contributed by atoms with van der Waals surface area (Å²) in [4.78, 5) is 19.9. The van der Waals surface area contributed by atoms with Crippen LogP contribution in [0.15, 0.2) is 19.4 Å². The number of amides is 1. The molecule has 1 saturated carbocycles. The number of aromatic nitrogens is 2. The van der Waals surface area contributed by atoms with E-state index in [1.54, 1.807) is 0 Å². The number of anilines is 2. The van der Waals surface area contributed by atoms with Crippen LogP contribution in [0.2, 0.25) is 0 Å².